The molecule has 0 radical (unpaired) electrons. The molecule has 0 fully saturated rings. The van der Waals surface area contributed by atoms with Crippen molar-refractivity contribution in [2.45, 2.75) is 26.8 Å². The maximum Gasteiger partial charge on any atom is 0.339 e. The van der Waals surface area contributed by atoms with Crippen molar-refractivity contribution in [2.75, 3.05) is 6.61 Å². The first-order valence-electron chi connectivity index (χ1n) is 8.30. The molecule has 1 amide bonds. The molecule has 27 heavy (non-hydrogen) atoms. The van der Waals surface area contributed by atoms with Crippen LogP contribution in [-0.2, 0) is 9.53 Å². The van der Waals surface area contributed by atoms with Gasteiger partial charge in [-0.25, -0.2) is 9.78 Å². The highest BCUT2D eigenvalue weighted by Crippen LogP contribution is 2.22. The summed E-state index contributed by atoms with van der Waals surface area (Å²) in [5, 5.41) is 7.66. The number of hydrogen-bond acceptors (Lipinski definition) is 6. The van der Waals surface area contributed by atoms with Gasteiger partial charge in [0.2, 0.25) is 0 Å². The Kier molecular flexibility index (Phi) is 5.41. The first-order valence-corrected chi connectivity index (χ1v) is 8.68. The molecule has 7 nitrogen and oxygen atoms in total. The Morgan fingerprint density at radius 1 is 1.30 bits per heavy atom. The SMILES string of the molecule is Cc1cc(C(=O)OCC(=O)NC(C)c2cccc(Cl)c2)c2c(C)noc2n1. The second-order valence-corrected chi connectivity index (χ2v) is 6.62. The number of fused-ring (bicyclic) bond motifs is 1. The number of halogens is 1. The number of benzene rings is 1. The Morgan fingerprint density at radius 2 is 2.07 bits per heavy atom. The van der Waals surface area contributed by atoms with Gasteiger partial charge in [-0.3, -0.25) is 4.79 Å². The van der Waals surface area contributed by atoms with E-state index in [2.05, 4.69) is 15.5 Å². The Hall–Kier alpha value is -2.93. The third-order valence-electron chi connectivity index (χ3n) is 4.03. The lowest BCUT2D eigenvalue weighted by atomic mass is 10.1. The van der Waals surface area contributed by atoms with Gasteiger partial charge in [0, 0.05) is 10.7 Å². The van der Waals surface area contributed by atoms with Gasteiger partial charge in [0.1, 0.15) is 0 Å². The molecule has 2 heterocycles. The zero-order valence-electron chi connectivity index (χ0n) is 15.1. The summed E-state index contributed by atoms with van der Waals surface area (Å²) in [6, 6.07) is 8.49. The third-order valence-corrected chi connectivity index (χ3v) is 4.26. The van der Waals surface area contributed by atoms with E-state index in [-0.39, 0.29) is 17.3 Å². The number of amides is 1. The molecule has 3 rings (SSSR count). The van der Waals surface area contributed by atoms with Gasteiger partial charge in [0.25, 0.3) is 11.6 Å². The van der Waals surface area contributed by atoms with E-state index in [9.17, 15) is 9.59 Å². The highest BCUT2D eigenvalue weighted by molar-refractivity contribution is 6.30. The lowest BCUT2D eigenvalue weighted by Crippen LogP contribution is -2.31. The van der Waals surface area contributed by atoms with Gasteiger partial charge in [0.15, 0.2) is 6.61 Å². The summed E-state index contributed by atoms with van der Waals surface area (Å²) < 4.78 is 10.3. The fourth-order valence-corrected chi connectivity index (χ4v) is 2.93. The molecule has 0 aliphatic rings. The third kappa shape index (κ3) is 4.25. The smallest absolute Gasteiger partial charge is 0.339 e. The van der Waals surface area contributed by atoms with Crippen molar-refractivity contribution in [3.8, 4) is 0 Å². The van der Waals surface area contributed by atoms with Crippen molar-refractivity contribution in [1.29, 1.82) is 0 Å². The number of rotatable bonds is 5. The van der Waals surface area contributed by atoms with E-state index in [1.54, 1.807) is 38.1 Å². The number of pyridine rings is 1. The molecule has 2 aromatic heterocycles. The van der Waals surface area contributed by atoms with Crippen LogP contribution in [-0.4, -0.2) is 28.6 Å². The molecule has 0 bridgehead atoms. The van der Waals surface area contributed by atoms with Crippen molar-refractivity contribution in [3.05, 3.63) is 57.9 Å². The van der Waals surface area contributed by atoms with E-state index < -0.39 is 18.5 Å². The molecule has 1 unspecified atom stereocenters. The van der Waals surface area contributed by atoms with E-state index in [1.807, 2.05) is 13.0 Å². The summed E-state index contributed by atoms with van der Waals surface area (Å²) in [4.78, 5) is 28.8. The first-order chi connectivity index (χ1) is 12.8. The Balaban J connectivity index is 1.65. The summed E-state index contributed by atoms with van der Waals surface area (Å²) >= 11 is 5.96. The number of ether oxygens (including phenoxy) is 1. The van der Waals surface area contributed by atoms with Crippen LogP contribution in [0.5, 0.6) is 0 Å². The van der Waals surface area contributed by atoms with Crippen LogP contribution < -0.4 is 5.32 Å². The number of carbonyl (C=O) groups excluding carboxylic acids is 2. The molecule has 8 heteroatoms. The number of esters is 1. The molecule has 1 atom stereocenters. The number of carbonyl (C=O) groups is 2. The average molecular weight is 388 g/mol. The molecule has 140 valence electrons. The quantitative estimate of drug-likeness (QED) is 0.673. The van der Waals surface area contributed by atoms with Crippen LogP contribution in [0.1, 0.15) is 40.3 Å². The summed E-state index contributed by atoms with van der Waals surface area (Å²) in [6.07, 6.45) is 0. The largest absolute Gasteiger partial charge is 0.452 e. The number of aromatic nitrogens is 2. The summed E-state index contributed by atoms with van der Waals surface area (Å²) in [5.74, 6) is -1.05. The van der Waals surface area contributed by atoms with Crippen LogP contribution in [0.4, 0.5) is 0 Å². The average Bonchev–Trinajstić information content (AvgIpc) is 2.99. The number of aryl methyl sites for hydroxylation is 2. The topological polar surface area (TPSA) is 94.3 Å². The van der Waals surface area contributed by atoms with Crippen molar-refractivity contribution >= 4 is 34.6 Å². The lowest BCUT2D eigenvalue weighted by molar-refractivity contribution is -0.124. The zero-order valence-corrected chi connectivity index (χ0v) is 15.8. The molecule has 1 N–H and O–H groups in total. The summed E-state index contributed by atoms with van der Waals surface area (Å²) in [7, 11) is 0. The van der Waals surface area contributed by atoms with Gasteiger partial charge in [-0.15, -0.1) is 0 Å². The lowest BCUT2D eigenvalue weighted by Gasteiger charge is -2.14. The van der Waals surface area contributed by atoms with Gasteiger partial charge >= 0.3 is 5.97 Å². The molecular weight excluding hydrogens is 370 g/mol. The molecule has 1 aromatic carbocycles. The highest BCUT2D eigenvalue weighted by atomic mass is 35.5. The monoisotopic (exact) mass is 387 g/mol. The number of nitrogens with one attached hydrogen (secondary N) is 1. The number of hydrogen-bond donors (Lipinski definition) is 1. The number of nitrogens with zero attached hydrogens (tertiary/aromatic N) is 2. The Morgan fingerprint density at radius 3 is 2.81 bits per heavy atom. The van der Waals surface area contributed by atoms with Crippen LogP contribution in [0.15, 0.2) is 34.9 Å². The van der Waals surface area contributed by atoms with Crippen LogP contribution in [0, 0.1) is 13.8 Å². The van der Waals surface area contributed by atoms with Gasteiger partial charge in [-0.2, -0.15) is 0 Å². The van der Waals surface area contributed by atoms with E-state index in [4.69, 9.17) is 20.9 Å². The minimum absolute atomic E-state index is 0.262. The molecule has 0 aliphatic carbocycles. The van der Waals surface area contributed by atoms with Crippen LogP contribution in [0.25, 0.3) is 11.1 Å². The molecular formula is C19H18ClN3O4. The predicted molar refractivity (Wildman–Crippen MR) is 99.6 cm³/mol. The molecule has 0 spiro atoms. The van der Waals surface area contributed by atoms with Crippen molar-refractivity contribution < 1.29 is 18.8 Å². The van der Waals surface area contributed by atoms with Gasteiger partial charge in [-0.05, 0) is 44.5 Å². The minimum Gasteiger partial charge on any atom is -0.452 e. The minimum atomic E-state index is -0.637. The second-order valence-electron chi connectivity index (χ2n) is 6.18. The van der Waals surface area contributed by atoms with Gasteiger partial charge in [-0.1, -0.05) is 28.9 Å². The summed E-state index contributed by atoms with van der Waals surface area (Å²) in [6.45, 7) is 4.85. The van der Waals surface area contributed by atoms with Crippen LogP contribution in [0.2, 0.25) is 5.02 Å². The maximum absolute atomic E-state index is 12.4. The van der Waals surface area contributed by atoms with E-state index >= 15 is 0 Å². The maximum atomic E-state index is 12.4. The van der Waals surface area contributed by atoms with E-state index in [0.29, 0.717) is 21.8 Å². The molecule has 0 aliphatic heterocycles. The molecule has 0 saturated heterocycles. The fourth-order valence-electron chi connectivity index (χ4n) is 2.73. The predicted octanol–water partition coefficient (Wildman–Crippen LogP) is 3.53. The van der Waals surface area contributed by atoms with Crippen LogP contribution >= 0.6 is 11.6 Å². The highest BCUT2D eigenvalue weighted by Gasteiger charge is 2.20. The first kappa shape index (κ1) is 18.8. The van der Waals surface area contributed by atoms with Crippen molar-refractivity contribution in [1.82, 2.24) is 15.5 Å². The van der Waals surface area contributed by atoms with Crippen molar-refractivity contribution in [2.24, 2.45) is 0 Å². The second kappa shape index (κ2) is 7.75. The standard InChI is InChI=1S/C19H18ClN3O4/c1-10-7-15(17-12(3)23-27-18(17)21-10)19(25)26-9-16(24)22-11(2)13-5-4-6-14(20)8-13/h4-8,11H,9H2,1-3H3,(H,22,24). The summed E-state index contributed by atoms with van der Waals surface area (Å²) in [5.41, 5.74) is 2.51. The van der Waals surface area contributed by atoms with Gasteiger partial charge in [0.05, 0.1) is 22.7 Å². The Labute approximate surface area is 160 Å². The van der Waals surface area contributed by atoms with E-state index in [0.717, 1.165) is 5.56 Å². The molecule has 0 saturated carbocycles. The zero-order chi connectivity index (χ0) is 19.6. The van der Waals surface area contributed by atoms with Crippen LogP contribution in [0.3, 0.4) is 0 Å². The molecule has 3 aromatic rings. The van der Waals surface area contributed by atoms with Gasteiger partial charge < -0.3 is 14.6 Å². The Bertz CT molecular complexity index is 1020. The normalized spacial score (nSPS) is 12.0. The fraction of sp³-hybridized carbons (Fsp3) is 0.263. The van der Waals surface area contributed by atoms with E-state index in [1.165, 1.54) is 0 Å². The van der Waals surface area contributed by atoms with Crippen molar-refractivity contribution in [3.63, 3.8) is 0 Å².